The second-order valence-electron chi connectivity index (χ2n) is 17.7. The molecule has 4 aromatic heterocycles. The van der Waals surface area contributed by atoms with Crippen molar-refractivity contribution >= 4 is 45.9 Å². The predicted molar refractivity (Wildman–Crippen MR) is 231 cm³/mol. The molecule has 4 aliphatic heterocycles. The molecule has 0 radical (unpaired) electrons. The van der Waals surface area contributed by atoms with Crippen molar-refractivity contribution in [2.45, 2.75) is 94.4 Å². The first-order chi connectivity index (χ1) is 31.1. The number of para-hydroxylation sites is 1. The summed E-state index contributed by atoms with van der Waals surface area (Å²) in [5, 5.41) is 9.29. The summed E-state index contributed by atoms with van der Waals surface area (Å²) in [6.07, 6.45) is 7.39. The van der Waals surface area contributed by atoms with Crippen molar-refractivity contribution in [2.24, 2.45) is 13.0 Å². The summed E-state index contributed by atoms with van der Waals surface area (Å²) in [4.78, 5) is 64.9. The lowest BCUT2D eigenvalue weighted by molar-refractivity contribution is -0.135. The third kappa shape index (κ3) is 8.16. The number of fused-ring (bicyclic) bond motifs is 4. The highest BCUT2D eigenvalue weighted by Crippen LogP contribution is 2.38. The van der Waals surface area contributed by atoms with Crippen molar-refractivity contribution in [1.82, 2.24) is 38.9 Å². The van der Waals surface area contributed by atoms with Crippen LogP contribution in [0.3, 0.4) is 0 Å². The van der Waals surface area contributed by atoms with Gasteiger partial charge >= 0.3 is 5.69 Å². The molecule has 2 bridgehead atoms. The van der Waals surface area contributed by atoms with Gasteiger partial charge in [-0.25, -0.2) is 28.1 Å². The minimum absolute atomic E-state index is 0.0219. The van der Waals surface area contributed by atoms with Gasteiger partial charge in [0.25, 0.3) is 12.3 Å². The van der Waals surface area contributed by atoms with Crippen LogP contribution in [0.2, 0.25) is 0 Å². The van der Waals surface area contributed by atoms with Crippen LogP contribution in [0.5, 0.6) is 0 Å². The summed E-state index contributed by atoms with van der Waals surface area (Å²) in [6.45, 7) is 4.44. The van der Waals surface area contributed by atoms with Crippen LogP contribution in [0.1, 0.15) is 103 Å². The quantitative estimate of drug-likeness (QED) is 0.147. The third-order valence-electron chi connectivity index (χ3n) is 13.7. The van der Waals surface area contributed by atoms with Gasteiger partial charge in [-0.3, -0.25) is 28.8 Å². The zero-order valence-corrected chi connectivity index (χ0v) is 35.5. The van der Waals surface area contributed by atoms with Gasteiger partial charge in [0.2, 0.25) is 11.8 Å². The fourth-order valence-corrected chi connectivity index (χ4v) is 10.4. The van der Waals surface area contributed by atoms with E-state index in [-0.39, 0.29) is 66.5 Å². The Hall–Kier alpha value is -6.03. The number of imidazole rings is 1. The second kappa shape index (κ2) is 17.5. The minimum atomic E-state index is -2.87. The van der Waals surface area contributed by atoms with Crippen LogP contribution in [0.25, 0.3) is 16.7 Å². The molecule has 8 heterocycles. The van der Waals surface area contributed by atoms with Crippen molar-refractivity contribution in [2.75, 3.05) is 49.6 Å². The average Bonchev–Trinajstić information content (AvgIpc) is 4.10. The molecule has 334 valence electrons. The number of aryl methyl sites for hydroxylation is 1. The lowest BCUT2D eigenvalue weighted by atomic mass is 9.80. The number of hydrogen-bond donors (Lipinski definition) is 2. The Morgan fingerprint density at radius 3 is 2.61 bits per heavy atom. The fraction of sp³-hybridized carbons (Fsp3) is 0.500. The van der Waals surface area contributed by atoms with Crippen LogP contribution in [-0.4, -0.2) is 109 Å². The third-order valence-corrected chi connectivity index (χ3v) is 13.7. The number of nitrogens with one attached hydrogen (secondary N) is 2. The maximum absolute atomic E-state index is 14.5. The largest absolute Gasteiger partial charge is 0.374 e. The van der Waals surface area contributed by atoms with E-state index in [1.165, 1.54) is 19.8 Å². The molecule has 2 N–H and O–H groups in total. The Kier molecular flexibility index (Phi) is 11.5. The first-order valence-corrected chi connectivity index (χ1v) is 22.3. The summed E-state index contributed by atoms with van der Waals surface area (Å²) in [7, 11) is 1.66. The smallest absolute Gasteiger partial charge is 0.329 e. The molecule has 18 heteroatoms. The Bertz CT molecular complexity index is 2740. The van der Waals surface area contributed by atoms with Gasteiger partial charge in [-0.05, 0) is 87.6 Å². The number of benzene rings is 1. The van der Waals surface area contributed by atoms with E-state index >= 15 is 0 Å². The molecule has 5 aliphatic rings. The number of ether oxygens (including phenoxy) is 2. The van der Waals surface area contributed by atoms with Crippen LogP contribution < -0.4 is 21.2 Å². The van der Waals surface area contributed by atoms with E-state index in [1.807, 2.05) is 18.2 Å². The average molecular weight is 877 g/mol. The molecule has 5 fully saturated rings. The zero-order chi connectivity index (χ0) is 44.1. The van der Waals surface area contributed by atoms with Crippen LogP contribution in [0.15, 0.2) is 53.6 Å². The highest BCUT2D eigenvalue weighted by Gasteiger charge is 2.40. The molecular weight excluding hydrogens is 827 g/mol. The number of nitrogens with zero attached hydrogens (tertiary/aromatic N) is 8. The van der Waals surface area contributed by atoms with Gasteiger partial charge in [-0.2, -0.15) is 5.10 Å². The number of alkyl halides is 2. The summed E-state index contributed by atoms with van der Waals surface area (Å²) < 4.78 is 45.3. The van der Waals surface area contributed by atoms with E-state index in [1.54, 1.807) is 31.4 Å². The van der Waals surface area contributed by atoms with Crippen LogP contribution in [0.4, 0.5) is 20.3 Å². The Morgan fingerprint density at radius 1 is 1.03 bits per heavy atom. The molecule has 1 unspecified atom stereocenters. The predicted octanol–water partition coefficient (Wildman–Crippen LogP) is 4.73. The van der Waals surface area contributed by atoms with E-state index in [4.69, 9.17) is 14.5 Å². The maximum atomic E-state index is 14.5. The highest BCUT2D eigenvalue weighted by atomic mass is 19.3. The Labute approximate surface area is 367 Å². The lowest BCUT2D eigenvalue weighted by Gasteiger charge is -2.36. The molecule has 16 nitrogen and oxygen atoms in total. The van der Waals surface area contributed by atoms with Gasteiger partial charge < -0.3 is 24.6 Å². The normalized spacial score (nSPS) is 24.1. The lowest BCUT2D eigenvalue weighted by Crippen LogP contribution is -2.44. The summed E-state index contributed by atoms with van der Waals surface area (Å²) in [5.41, 5.74) is 2.27. The molecule has 3 atom stereocenters. The number of carbonyl (C=O) groups is 3. The number of aromatic nitrogens is 6. The van der Waals surface area contributed by atoms with E-state index in [9.17, 15) is 28.0 Å². The van der Waals surface area contributed by atoms with E-state index < -0.39 is 30.0 Å². The SMILES string of the molecule is Cn1c(=O)n(C2CCC(=O)NC2=O)c2cccc(C#CCOC3CCN(C[C@H]4CC[C@H](c5ccc(NC(=O)c6cnn7ccc(N8C[C@H]9C[C@@H]8CO9)nc67)c(C(F)F)n5)CC4)CC3)c21. The number of piperidine rings is 2. The molecule has 3 amide bonds. The number of halogens is 2. The van der Waals surface area contributed by atoms with Crippen molar-refractivity contribution in [3.63, 3.8) is 0 Å². The molecule has 0 spiro atoms. The number of hydrogen-bond acceptors (Lipinski definition) is 11. The van der Waals surface area contributed by atoms with Gasteiger partial charge in [0.1, 0.15) is 29.7 Å². The number of carbonyl (C=O) groups excluding carboxylic acids is 3. The molecule has 10 rings (SSSR count). The monoisotopic (exact) mass is 876 g/mol. The van der Waals surface area contributed by atoms with E-state index in [0.29, 0.717) is 40.5 Å². The molecular formula is C46H50F2N10O6. The van der Waals surface area contributed by atoms with E-state index in [0.717, 1.165) is 76.9 Å². The summed E-state index contributed by atoms with van der Waals surface area (Å²) in [5.74, 6) is 6.20. The van der Waals surface area contributed by atoms with Crippen molar-refractivity contribution in [3.05, 3.63) is 81.8 Å². The topological polar surface area (TPSA) is 170 Å². The molecule has 64 heavy (non-hydrogen) atoms. The fourth-order valence-electron chi connectivity index (χ4n) is 10.4. The first-order valence-electron chi connectivity index (χ1n) is 22.3. The first kappa shape index (κ1) is 42.0. The van der Waals surface area contributed by atoms with Crippen molar-refractivity contribution in [1.29, 1.82) is 0 Å². The van der Waals surface area contributed by atoms with E-state index in [2.05, 4.69) is 42.4 Å². The molecule has 4 saturated heterocycles. The standard InChI is InChI=1S/C46H50F2N10O6/c1-54-41-29(4-2-6-36(41)58(46(54)62)37-13-14-39(59)53-45(37)61)5-3-21-63-31-15-18-55(19-16-31)24-27-7-9-28(10-8-27)34-11-12-35(40(50-34)42(47)48)51-44(60)33-23-49-57-20-17-38(52-43(33)57)56-25-32-22-30(56)26-64-32/h2,4,6,11-12,17,20,23,27-28,30-32,37,42H,7-10,13-16,18-19,21-22,24-26H2,1H3,(H,51,60)(H,53,59,61)/t27-,28-,30-,32-,37?/m1/s1. The molecule has 5 aromatic rings. The highest BCUT2D eigenvalue weighted by molar-refractivity contribution is 6.08. The maximum Gasteiger partial charge on any atom is 0.329 e. The molecule has 1 aromatic carbocycles. The Balaban J connectivity index is 0.696. The number of amides is 3. The number of pyridine rings is 1. The van der Waals surface area contributed by atoms with Crippen LogP contribution in [0, 0.1) is 17.8 Å². The number of anilines is 2. The summed E-state index contributed by atoms with van der Waals surface area (Å²) >= 11 is 0. The van der Waals surface area contributed by atoms with Gasteiger partial charge in [0.05, 0.1) is 53.3 Å². The van der Waals surface area contributed by atoms with Crippen molar-refractivity contribution < 1.29 is 32.6 Å². The van der Waals surface area contributed by atoms with Crippen LogP contribution >= 0.6 is 0 Å². The number of likely N-dealkylation sites (tertiary alicyclic amines) is 1. The van der Waals surface area contributed by atoms with Gasteiger partial charge in [0.15, 0.2) is 5.65 Å². The number of morpholine rings is 1. The van der Waals surface area contributed by atoms with Gasteiger partial charge in [-0.1, -0.05) is 17.9 Å². The molecule has 1 saturated carbocycles. The minimum Gasteiger partial charge on any atom is -0.374 e. The second-order valence-corrected chi connectivity index (χ2v) is 17.7. The van der Waals surface area contributed by atoms with Crippen molar-refractivity contribution in [3.8, 4) is 11.8 Å². The number of imide groups is 1. The molecule has 1 aliphatic carbocycles. The van der Waals surface area contributed by atoms with Gasteiger partial charge in [-0.15, -0.1) is 0 Å². The van der Waals surface area contributed by atoms with Gasteiger partial charge in [0, 0.05) is 57.5 Å². The Morgan fingerprint density at radius 2 is 1.86 bits per heavy atom. The van der Waals surface area contributed by atoms with Crippen LogP contribution in [-0.2, 0) is 26.1 Å². The number of rotatable bonds is 10. The summed E-state index contributed by atoms with van der Waals surface area (Å²) in [6, 6.07) is 10.1. The zero-order valence-electron chi connectivity index (χ0n) is 35.5.